The summed E-state index contributed by atoms with van der Waals surface area (Å²) < 4.78 is 0. The lowest BCUT2D eigenvalue weighted by atomic mass is 10.1. The number of rotatable bonds is 3. The average Bonchev–Trinajstić information content (AvgIpc) is 2.48. The number of hydrogen-bond donors (Lipinski definition) is 2. The number of anilines is 1. The minimum absolute atomic E-state index is 0.399. The van der Waals surface area contributed by atoms with Crippen molar-refractivity contribution in [1.82, 2.24) is 5.32 Å². The molecule has 1 unspecified atom stereocenters. The number of nitrogens with one attached hydrogen (secondary N) is 2. The zero-order valence-electron chi connectivity index (χ0n) is 11.1. The smallest absolute Gasteiger partial charge is 0.318 e. The first-order valence-corrected chi connectivity index (χ1v) is 6.28. The Hall–Kier alpha value is -2.80. The summed E-state index contributed by atoms with van der Waals surface area (Å²) in [5.41, 5.74) is 2.57. The molecule has 0 fully saturated rings. The van der Waals surface area contributed by atoms with Crippen LogP contribution in [0, 0.1) is 18.3 Å². The van der Waals surface area contributed by atoms with E-state index in [0.717, 1.165) is 11.1 Å². The zero-order chi connectivity index (χ0) is 14.4. The molecule has 0 saturated carbocycles. The number of urea groups is 1. The van der Waals surface area contributed by atoms with Gasteiger partial charge in [-0.25, -0.2) is 4.79 Å². The topological polar surface area (TPSA) is 64.9 Å². The molecule has 2 N–H and O–H groups in total. The van der Waals surface area contributed by atoms with Crippen molar-refractivity contribution in [2.24, 2.45) is 0 Å². The second-order valence-corrected chi connectivity index (χ2v) is 4.44. The van der Waals surface area contributed by atoms with Crippen LogP contribution in [0.15, 0.2) is 54.6 Å². The Labute approximate surface area is 118 Å². The van der Waals surface area contributed by atoms with Gasteiger partial charge in [0.1, 0.15) is 6.04 Å². The Morgan fingerprint density at radius 1 is 1.10 bits per heavy atom. The first kappa shape index (κ1) is 13.6. The lowest BCUT2D eigenvalue weighted by Gasteiger charge is -2.13. The molecule has 2 aromatic carbocycles. The number of aryl methyl sites for hydroxylation is 1. The van der Waals surface area contributed by atoms with E-state index in [4.69, 9.17) is 5.26 Å². The maximum Gasteiger partial charge on any atom is 0.320 e. The monoisotopic (exact) mass is 265 g/mol. The number of amides is 2. The fraction of sp³-hybridized carbons (Fsp3) is 0.125. The van der Waals surface area contributed by atoms with Crippen LogP contribution in [-0.4, -0.2) is 6.03 Å². The van der Waals surface area contributed by atoms with E-state index in [2.05, 4.69) is 16.7 Å². The fourth-order valence-electron chi connectivity index (χ4n) is 1.77. The third-order valence-electron chi connectivity index (χ3n) is 2.85. The van der Waals surface area contributed by atoms with Gasteiger partial charge in [-0.15, -0.1) is 0 Å². The van der Waals surface area contributed by atoms with Crippen molar-refractivity contribution < 1.29 is 4.79 Å². The predicted octanol–water partition coefficient (Wildman–Crippen LogP) is 3.38. The molecule has 0 radical (unpaired) electrons. The lowest BCUT2D eigenvalue weighted by Crippen LogP contribution is -2.31. The van der Waals surface area contributed by atoms with Crippen LogP contribution < -0.4 is 10.6 Å². The molecule has 0 aliphatic carbocycles. The van der Waals surface area contributed by atoms with Crippen LogP contribution >= 0.6 is 0 Å². The van der Waals surface area contributed by atoms with Gasteiger partial charge in [0.05, 0.1) is 6.07 Å². The van der Waals surface area contributed by atoms with Gasteiger partial charge in [-0.3, -0.25) is 0 Å². The highest BCUT2D eigenvalue weighted by Gasteiger charge is 2.13. The van der Waals surface area contributed by atoms with Crippen molar-refractivity contribution in [3.8, 4) is 6.07 Å². The summed E-state index contributed by atoms with van der Waals surface area (Å²) >= 11 is 0. The van der Waals surface area contributed by atoms with Crippen LogP contribution in [0.2, 0.25) is 0 Å². The van der Waals surface area contributed by atoms with Crippen LogP contribution in [0.25, 0.3) is 0 Å². The van der Waals surface area contributed by atoms with E-state index in [-0.39, 0.29) is 0 Å². The van der Waals surface area contributed by atoms with Gasteiger partial charge in [-0.2, -0.15) is 5.26 Å². The summed E-state index contributed by atoms with van der Waals surface area (Å²) in [5, 5.41) is 14.5. The van der Waals surface area contributed by atoms with E-state index in [9.17, 15) is 4.79 Å². The predicted molar refractivity (Wildman–Crippen MR) is 78.1 cm³/mol. The van der Waals surface area contributed by atoms with Gasteiger partial charge in [0, 0.05) is 5.69 Å². The molecule has 2 aromatic rings. The van der Waals surface area contributed by atoms with Gasteiger partial charge in [0.15, 0.2) is 0 Å². The van der Waals surface area contributed by atoms with E-state index >= 15 is 0 Å². The third kappa shape index (κ3) is 3.59. The molecule has 2 rings (SSSR count). The van der Waals surface area contributed by atoms with Crippen LogP contribution in [0.1, 0.15) is 17.2 Å². The normalized spacial score (nSPS) is 11.2. The summed E-state index contributed by atoms with van der Waals surface area (Å²) in [6, 6.07) is 17.6. The minimum Gasteiger partial charge on any atom is -0.318 e. The zero-order valence-corrected chi connectivity index (χ0v) is 11.1. The average molecular weight is 265 g/mol. The quantitative estimate of drug-likeness (QED) is 0.893. The molecule has 0 aliphatic heterocycles. The first-order valence-electron chi connectivity index (χ1n) is 6.28. The van der Waals surface area contributed by atoms with Crippen LogP contribution in [0.3, 0.4) is 0 Å². The molecule has 0 aromatic heterocycles. The summed E-state index contributed by atoms with van der Waals surface area (Å²) in [7, 11) is 0. The van der Waals surface area contributed by atoms with Gasteiger partial charge >= 0.3 is 6.03 Å². The van der Waals surface area contributed by atoms with Crippen molar-refractivity contribution in [1.29, 1.82) is 5.26 Å². The van der Waals surface area contributed by atoms with Crippen LogP contribution in [0.5, 0.6) is 0 Å². The van der Waals surface area contributed by atoms with Crippen molar-refractivity contribution in [2.45, 2.75) is 13.0 Å². The molecule has 4 nitrogen and oxygen atoms in total. The van der Waals surface area contributed by atoms with E-state index < -0.39 is 12.1 Å². The summed E-state index contributed by atoms with van der Waals surface area (Å²) in [5.74, 6) is 0. The molecule has 0 saturated heterocycles. The van der Waals surface area contributed by atoms with Gasteiger partial charge in [0.25, 0.3) is 0 Å². The van der Waals surface area contributed by atoms with Crippen molar-refractivity contribution in [3.63, 3.8) is 0 Å². The number of carbonyl (C=O) groups excluding carboxylic acids is 1. The molecule has 0 spiro atoms. The summed E-state index contributed by atoms with van der Waals surface area (Å²) in [4.78, 5) is 11.9. The number of carbonyl (C=O) groups is 1. The molecule has 4 heteroatoms. The van der Waals surface area contributed by atoms with Crippen molar-refractivity contribution >= 4 is 11.7 Å². The second-order valence-electron chi connectivity index (χ2n) is 4.44. The Balaban J connectivity index is 2.00. The highest BCUT2D eigenvalue weighted by atomic mass is 16.2. The van der Waals surface area contributed by atoms with Gasteiger partial charge in [0.2, 0.25) is 0 Å². The van der Waals surface area contributed by atoms with Gasteiger partial charge in [-0.05, 0) is 24.6 Å². The van der Waals surface area contributed by atoms with Crippen LogP contribution in [0.4, 0.5) is 10.5 Å². The SMILES string of the molecule is Cc1ccc(NC(=O)NC(C#N)c2ccccc2)cc1. The van der Waals surface area contributed by atoms with E-state index in [1.54, 1.807) is 12.1 Å². The fourth-order valence-corrected chi connectivity index (χ4v) is 1.77. The van der Waals surface area contributed by atoms with Crippen LogP contribution in [-0.2, 0) is 0 Å². The largest absolute Gasteiger partial charge is 0.320 e. The molecule has 0 heterocycles. The standard InChI is InChI=1S/C16H15N3O/c1-12-7-9-14(10-8-12)18-16(20)19-15(11-17)13-5-3-2-4-6-13/h2-10,15H,1H3,(H2,18,19,20). The van der Waals surface area contributed by atoms with Crippen molar-refractivity contribution in [2.75, 3.05) is 5.32 Å². The molecule has 0 bridgehead atoms. The second kappa shape index (κ2) is 6.39. The number of nitriles is 1. The molecular formula is C16H15N3O. The highest BCUT2D eigenvalue weighted by Crippen LogP contribution is 2.12. The van der Waals surface area contributed by atoms with Gasteiger partial charge < -0.3 is 10.6 Å². The highest BCUT2D eigenvalue weighted by molar-refractivity contribution is 5.89. The summed E-state index contributed by atoms with van der Waals surface area (Å²) in [6.07, 6.45) is 0. The molecule has 100 valence electrons. The molecule has 1 atom stereocenters. The maximum atomic E-state index is 11.9. The maximum absolute atomic E-state index is 11.9. The van der Waals surface area contributed by atoms with Crippen molar-refractivity contribution in [3.05, 3.63) is 65.7 Å². The number of hydrogen-bond acceptors (Lipinski definition) is 2. The van der Waals surface area contributed by atoms with Gasteiger partial charge in [-0.1, -0.05) is 48.0 Å². The number of benzene rings is 2. The third-order valence-corrected chi connectivity index (χ3v) is 2.85. The van der Waals surface area contributed by atoms with E-state index in [1.165, 1.54) is 0 Å². The minimum atomic E-state index is -0.665. The molecule has 2 amide bonds. The first-order chi connectivity index (χ1) is 9.69. The molecular weight excluding hydrogens is 250 g/mol. The van der Waals surface area contributed by atoms with E-state index in [0.29, 0.717) is 5.69 Å². The molecule has 0 aliphatic rings. The number of nitrogens with zero attached hydrogens (tertiary/aromatic N) is 1. The summed E-state index contributed by atoms with van der Waals surface area (Å²) in [6.45, 7) is 1.98. The molecule has 20 heavy (non-hydrogen) atoms. The Bertz CT molecular complexity index is 614. The Morgan fingerprint density at radius 3 is 2.35 bits per heavy atom. The lowest BCUT2D eigenvalue weighted by molar-refractivity contribution is 0.250. The van der Waals surface area contributed by atoms with E-state index in [1.807, 2.05) is 49.4 Å². The Kier molecular flexibility index (Phi) is 4.35. The Morgan fingerprint density at radius 2 is 1.75 bits per heavy atom.